The molecule has 30 heavy (non-hydrogen) atoms. The summed E-state index contributed by atoms with van der Waals surface area (Å²) >= 11 is 3.06. The van der Waals surface area contributed by atoms with Crippen LogP contribution < -0.4 is 5.32 Å². The highest BCUT2D eigenvalue weighted by molar-refractivity contribution is 8.00. The van der Waals surface area contributed by atoms with Crippen LogP contribution in [0.4, 0.5) is 0 Å². The molecule has 6 nitrogen and oxygen atoms in total. The molecule has 0 aliphatic carbocycles. The highest BCUT2D eigenvalue weighted by Crippen LogP contribution is 2.29. The largest absolute Gasteiger partial charge is 0.355 e. The van der Waals surface area contributed by atoms with Crippen LogP contribution in [0.25, 0.3) is 21.6 Å². The van der Waals surface area contributed by atoms with Gasteiger partial charge < -0.3 is 5.32 Å². The first-order chi connectivity index (χ1) is 14.6. The minimum atomic E-state index is 0.00809. The summed E-state index contributed by atoms with van der Waals surface area (Å²) in [5.74, 6) is 1.04. The Kier molecular flexibility index (Phi) is 6.44. The Morgan fingerprint density at radius 1 is 1.17 bits per heavy atom. The average Bonchev–Trinajstić information content (AvgIpc) is 3.39. The van der Waals surface area contributed by atoms with Gasteiger partial charge in [-0.3, -0.25) is 9.48 Å². The number of hydrogen-bond donors (Lipinski definition) is 1. The lowest BCUT2D eigenvalue weighted by atomic mass is 10.2. The van der Waals surface area contributed by atoms with Crippen molar-refractivity contribution in [1.29, 1.82) is 0 Å². The summed E-state index contributed by atoms with van der Waals surface area (Å²) in [6, 6.07) is 14.0. The Labute approximate surface area is 183 Å². The molecule has 0 spiro atoms. The number of fused-ring (bicyclic) bond motifs is 1. The van der Waals surface area contributed by atoms with Crippen LogP contribution in [0.2, 0.25) is 0 Å². The van der Waals surface area contributed by atoms with Gasteiger partial charge in [0.2, 0.25) is 5.91 Å². The van der Waals surface area contributed by atoms with E-state index in [1.54, 1.807) is 11.3 Å². The first-order valence-corrected chi connectivity index (χ1v) is 11.7. The number of aryl methyl sites for hydroxylation is 3. The van der Waals surface area contributed by atoms with E-state index < -0.39 is 0 Å². The van der Waals surface area contributed by atoms with Crippen LogP contribution in [0.1, 0.15) is 17.8 Å². The molecule has 1 aromatic carbocycles. The van der Waals surface area contributed by atoms with E-state index in [9.17, 15) is 4.79 Å². The van der Waals surface area contributed by atoms with Gasteiger partial charge in [-0.15, -0.1) is 11.3 Å². The van der Waals surface area contributed by atoms with Crippen molar-refractivity contribution in [2.24, 2.45) is 0 Å². The van der Waals surface area contributed by atoms with Gasteiger partial charge in [0.25, 0.3) is 0 Å². The summed E-state index contributed by atoms with van der Waals surface area (Å²) in [5, 5.41) is 11.3. The average molecular weight is 438 g/mol. The highest BCUT2D eigenvalue weighted by Gasteiger charge is 2.12. The summed E-state index contributed by atoms with van der Waals surface area (Å²) in [4.78, 5) is 22.8. The number of carbonyl (C=O) groups excluding carboxylic acids is 1. The molecular formula is C22H23N5OS2. The van der Waals surface area contributed by atoms with Crippen LogP contribution in [0.5, 0.6) is 0 Å². The number of amides is 1. The van der Waals surface area contributed by atoms with Crippen LogP contribution >= 0.6 is 23.1 Å². The number of aromatic nitrogens is 4. The Balaban J connectivity index is 1.36. The fourth-order valence-electron chi connectivity index (χ4n) is 3.22. The second-order valence-electron chi connectivity index (χ2n) is 6.99. The number of thiophene rings is 1. The predicted octanol–water partition coefficient (Wildman–Crippen LogP) is 4.47. The van der Waals surface area contributed by atoms with Crippen molar-refractivity contribution in [1.82, 2.24) is 25.1 Å². The number of nitrogens with zero attached hydrogens (tertiary/aromatic N) is 4. The molecule has 0 unspecified atom stereocenters. The van der Waals surface area contributed by atoms with Gasteiger partial charge in [-0.25, -0.2) is 9.97 Å². The minimum Gasteiger partial charge on any atom is -0.355 e. The van der Waals surface area contributed by atoms with Crippen LogP contribution in [-0.2, 0) is 11.3 Å². The fourth-order valence-corrected chi connectivity index (χ4v) is 4.72. The van der Waals surface area contributed by atoms with Crippen molar-refractivity contribution in [2.45, 2.75) is 31.8 Å². The molecule has 154 valence electrons. The van der Waals surface area contributed by atoms with Gasteiger partial charge in [-0.2, -0.15) is 5.10 Å². The molecule has 8 heteroatoms. The Bertz CT molecular complexity index is 1150. The number of para-hydroxylation sites is 1. The molecule has 0 radical (unpaired) electrons. The third-order valence-electron chi connectivity index (χ3n) is 4.62. The molecule has 4 aromatic rings. The number of thioether (sulfide) groups is 1. The molecule has 3 heterocycles. The van der Waals surface area contributed by atoms with E-state index in [-0.39, 0.29) is 5.91 Å². The van der Waals surface area contributed by atoms with Crippen LogP contribution in [0, 0.1) is 13.8 Å². The zero-order chi connectivity index (χ0) is 20.9. The molecule has 1 N–H and O–H groups in total. The van der Waals surface area contributed by atoms with Gasteiger partial charge in [0.05, 0.1) is 21.8 Å². The molecule has 1 amide bonds. The Morgan fingerprint density at radius 2 is 2.03 bits per heavy atom. The summed E-state index contributed by atoms with van der Waals surface area (Å²) < 4.78 is 1.98. The zero-order valence-corrected chi connectivity index (χ0v) is 18.6. The molecule has 0 saturated carbocycles. The van der Waals surface area contributed by atoms with E-state index in [0.717, 1.165) is 45.2 Å². The van der Waals surface area contributed by atoms with Gasteiger partial charge >= 0.3 is 0 Å². The van der Waals surface area contributed by atoms with Gasteiger partial charge in [0, 0.05) is 24.2 Å². The maximum absolute atomic E-state index is 12.4. The van der Waals surface area contributed by atoms with Crippen LogP contribution in [0.3, 0.4) is 0 Å². The number of nitrogens with one attached hydrogen (secondary N) is 1. The Hall–Kier alpha value is -2.71. The molecule has 4 rings (SSSR count). The topological polar surface area (TPSA) is 72.7 Å². The molecule has 0 aliphatic heterocycles. The van der Waals surface area contributed by atoms with E-state index in [1.165, 1.54) is 11.8 Å². The fraction of sp³-hybridized carbons (Fsp3) is 0.273. The summed E-state index contributed by atoms with van der Waals surface area (Å²) in [6.45, 7) is 5.46. The first kappa shape index (κ1) is 20.6. The molecule has 3 aromatic heterocycles. The molecule has 0 atom stereocenters. The second-order valence-corrected chi connectivity index (χ2v) is 8.90. The number of carbonyl (C=O) groups is 1. The highest BCUT2D eigenvalue weighted by atomic mass is 32.2. The molecule has 0 bridgehead atoms. The standard InChI is InChI=1S/C22H23N5OS2/c1-15-13-16(2)27(26-15)11-6-10-23-20(28)14-30-22-17-7-3-4-8-18(17)24-21(25-22)19-9-5-12-29-19/h3-5,7-9,12-13H,6,10-11,14H2,1-2H3,(H,23,28). The SMILES string of the molecule is Cc1cc(C)n(CCCNC(=O)CSc2nc(-c3cccs3)nc3ccccc23)n1. The van der Waals surface area contributed by atoms with E-state index in [4.69, 9.17) is 4.98 Å². The molecular weight excluding hydrogens is 414 g/mol. The van der Waals surface area contributed by atoms with Gasteiger partial charge in [-0.1, -0.05) is 36.0 Å². The lowest BCUT2D eigenvalue weighted by Gasteiger charge is -2.09. The van der Waals surface area contributed by atoms with E-state index >= 15 is 0 Å². The van der Waals surface area contributed by atoms with Crippen LogP contribution in [-0.4, -0.2) is 38.0 Å². The van der Waals surface area contributed by atoms with Crippen molar-refractivity contribution in [2.75, 3.05) is 12.3 Å². The maximum Gasteiger partial charge on any atom is 0.230 e. The predicted molar refractivity (Wildman–Crippen MR) is 123 cm³/mol. The lowest BCUT2D eigenvalue weighted by Crippen LogP contribution is -2.27. The normalized spacial score (nSPS) is 11.1. The molecule has 0 aliphatic rings. The quantitative estimate of drug-likeness (QED) is 0.250. The smallest absolute Gasteiger partial charge is 0.230 e. The number of rotatable bonds is 8. The molecule has 0 saturated heterocycles. The van der Waals surface area contributed by atoms with E-state index in [1.807, 2.05) is 60.3 Å². The van der Waals surface area contributed by atoms with Crippen LogP contribution in [0.15, 0.2) is 52.9 Å². The van der Waals surface area contributed by atoms with Crippen molar-refractivity contribution in [3.05, 3.63) is 59.2 Å². The summed E-state index contributed by atoms with van der Waals surface area (Å²) in [5.41, 5.74) is 3.06. The Morgan fingerprint density at radius 3 is 2.80 bits per heavy atom. The third-order valence-corrected chi connectivity index (χ3v) is 6.48. The van der Waals surface area contributed by atoms with Crippen molar-refractivity contribution >= 4 is 39.9 Å². The number of hydrogen-bond acceptors (Lipinski definition) is 6. The minimum absolute atomic E-state index is 0.00809. The summed E-state index contributed by atoms with van der Waals surface area (Å²) in [6.07, 6.45) is 0.845. The van der Waals surface area contributed by atoms with Gasteiger partial charge in [0.15, 0.2) is 5.82 Å². The van der Waals surface area contributed by atoms with E-state index in [2.05, 4.69) is 21.5 Å². The summed E-state index contributed by atoms with van der Waals surface area (Å²) in [7, 11) is 0. The molecule has 0 fully saturated rings. The van der Waals surface area contributed by atoms with E-state index in [0.29, 0.717) is 18.1 Å². The van der Waals surface area contributed by atoms with Crippen molar-refractivity contribution in [3.8, 4) is 10.7 Å². The second kappa shape index (κ2) is 9.40. The van der Waals surface area contributed by atoms with Crippen molar-refractivity contribution < 1.29 is 4.79 Å². The zero-order valence-electron chi connectivity index (χ0n) is 17.0. The maximum atomic E-state index is 12.4. The van der Waals surface area contributed by atoms with Gasteiger partial charge in [0.1, 0.15) is 5.03 Å². The van der Waals surface area contributed by atoms with Crippen molar-refractivity contribution in [3.63, 3.8) is 0 Å². The number of benzene rings is 1. The van der Waals surface area contributed by atoms with Gasteiger partial charge in [-0.05, 0) is 43.8 Å². The third kappa shape index (κ3) is 4.88. The first-order valence-electron chi connectivity index (χ1n) is 9.81. The monoisotopic (exact) mass is 437 g/mol. The lowest BCUT2D eigenvalue weighted by molar-refractivity contribution is -0.118.